The van der Waals surface area contributed by atoms with Crippen molar-refractivity contribution in [1.29, 1.82) is 0 Å². The molecule has 2 atom stereocenters. The summed E-state index contributed by atoms with van der Waals surface area (Å²) in [4.78, 5) is 24.1. The van der Waals surface area contributed by atoms with Gasteiger partial charge in [-0.1, -0.05) is 52.3 Å². The minimum absolute atomic E-state index is 0.114. The van der Waals surface area contributed by atoms with Crippen LogP contribution in [-0.2, 0) is 9.59 Å². The predicted octanol–water partition coefficient (Wildman–Crippen LogP) is 6.55. The number of carbonyl (C=O) groups excluding carboxylic acids is 2. The molecule has 3 nitrogen and oxygen atoms in total. The van der Waals surface area contributed by atoms with Crippen LogP contribution in [0.2, 0.25) is 5.02 Å². The number of nitrogens with one attached hydrogen (secondary N) is 1. The molecule has 9 heteroatoms. The van der Waals surface area contributed by atoms with E-state index in [2.05, 4.69) is 27.8 Å². The highest BCUT2D eigenvalue weighted by molar-refractivity contribution is 9.10. The van der Waals surface area contributed by atoms with Gasteiger partial charge in [0.1, 0.15) is 16.5 Å². The molecule has 0 aliphatic carbocycles. The van der Waals surface area contributed by atoms with Crippen molar-refractivity contribution in [3.63, 3.8) is 0 Å². The Balaban J connectivity index is 2.67. The lowest BCUT2D eigenvalue weighted by molar-refractivity contribution is -0.121. The van der Waals surface area contributed by atoms with E-state index in [0.717, 1.165) is 0 Å². The smallest absolute Gasteiger partial charge is 0.186 e. The zero-order valence-corrected chi connectivity index (χ0v) is 18.3. The highest BCUT2D eigenvalue weighted by Crippen LogP contribution is 2.39. The molecule has 0 spiro atoms. The second-order valence-corrected chi connectivity index (χ2v) is 7.90. The van der Waals surface area contributed by atoms with Crippen LogP contribution in [0.5, 0.6) is 0 Å². The van der Waals surface area contributed by atoms with Gasteiger partial charge < -0.3 is 5.32 Å². The average molecular weight is 507 g/mol. The summed E-state index contributed by atoms with van der Waals surface area (Å²) in [6.45, 7) is 6.13. The zero-order valence-electron chi connectivity index (χ0n) is 16.0. The van der Waals surface area contributed by atoms with Crippen molar-refractivity contribution in [2.75, 3.05) is 5.32 Å². The molecular weight excluding hydrogens is 490 g/mol. The average Bonchev–Trinajstić information content (AvgIpc) is 2.70. The third-order valence-electron chi connectivity index (χ3n) is 4.64. The van der Waals surface area contributed by atoms with Gasteiger partial charge in [-0.15, -0.1) is 0 Å². The summed E-state index contributed by atoms with van der Waals surface area (Å²) in [6.07, 6.45) is -0.133. The molecule has 0 heterocycles. The van der Waals surface area contributed by atoms with Crippen LogP contribution in [0.15, 0.2) is 40.9 Å². The first-order chi connectivity index (χ1) is 14.0. The van der Waals surface area contributed by atoms with E-state index in [4.69, 9.17) is 11.6 Å². The van der Waals surface area contributed by atoms with Gasteiger partial charge in [0.15, 0.2) is 29.1 Å². The van der Waals surface area contributed by atoms with E-state index in [-0.39, 0.29) is 17.8 Å². The molecule has 160 valence electrons. The van der Waals surface area contributed by atoms with E-state index in [9.17, 15) is 27.2 Å². The van der Waals surface area contributed by atoms with Gasteiger partial charge in [0, 0.05) is 10.4 Å². The first-order valence-corrected chi connectivity index (χ1v) is 9.86. The second kappa shape index (κ2) is 9.75. The van der Waals surface area contributed by atoms with E-state index in [1.54, 1.807) is 24.3 Å². The number of Topliss-reactive ketones (excluding diaryl/α,β-unsaturated/α-hetero) is 2. The van der Waals surface area contributed by atoms with E-state index >= 15 is 0 Å². The summed E-state index contributed by atoms with van der Waals surface area (Å²) in [7, 11) is 0. The quantitative estimate of drug-likeness (QED) is 0.191. The lowest BCUT2D eigenvalue weighted by Gasteiger charge is -2.29. The molecule has 0 aliphatic heterocycles. The lowest BCUT2D eigenvalue weighted by Crippen LogP contribution is -2.29. The van der Waals surface area contributed by atoms with Crippen LogP contribution in [0, 0.1) is 29.2 Å². The molecular formula is C21H17BrClF4NO2. The Morgan fingerprint density at radius 2 is 1.60 bits per heavy atom. The van der Waals surface area contributed by atoms with Crippen LogP contribution >= 0.6 is 27.5 Å². The molecule has 0 amide bonds. The second-order valence-electron chi connectivity index (χ2n) is 6.67. The minimum Gasteiger partial charge on any atom is -0.373 e. The van der Waals surface area contributed by atoms with Crippen molar-refractivity contribution in [2.45, 2.75) is 26.3 Å². The Morgan fingerprint density at radius 1 is 1.07 bits per heavy atom. The summed E-state index contributed by atoms with van der Waals surface area (Å²) >= 11 is 8.59. The maximum atomic E-state index is 14.4. The molecule has 0 fully saturated rings. The molecule has 2 aromatic carbocycles. The molecule has 1 N–H and O–H groups in total. The van der Waals surface area contributed by atoms with Gasteiger partial charge in [0.2, 0.25) is 0 Å². The summed E-state index contributed by atoms with van der Waals surface area (Å²) in [6, 6.07) is 5.31. The normalized spacial score (nSPS) is 12.9. The van der Waals surface area contributed by atoms with Gasteiger partial charge >= 0.3 is 0 Å². The van der Waals surface area contributed by atoms with Crippen LogP contribution in [0.1, 0.15) is 31.9 Å². The lowest BCUT2D eigenvalue weighted by atomic mass is 9.84. The van der Waals surface area contributed by atoms with Crippen molar-refractivity contribution in [1.82, 2.24) is 0 Å². The van der Waals surface area contributed by atoms with Crippen molar-refractivity contribution in [3.05, 3.63) is 74.7 Å². The molecule has 0 aromatic heterocycles. The van der Waals surface area contributed by atoms with Crippen LogP contribution in [-0.4, -0.2) is 11.6 Å². The summed E-state index contributed by atoms with van der Waals surface area (Å²) in [5.74, 6) is -8.82. The molecule has 0 saturated heterocycles. The fraction of sp³-hybridized carbons (Fsp3) is 0.238. The van der Waals surface area contributed by atoms with Crippen molar-refractivity contribution >= 4 is 44.8 Å². The van der Waals surface area contributed by atoms with Crippen LogP contribution in [0.4, 0.5) is 23.2 Å². The largest absolute Gasteiger partial charge is 0.373 e. The Hall–Kier alpha value is -2.19. The molecule has 0 saturated carbocycles. The van der Waals surface area contributed by atoms with Crippen molar-refractivity contribution in [2.24, 2.45) is 5.92 Å². The molecule has 0 aliphatic rings. The van der Waals surface area contributed by atoms with Crippen molar-refractivity contribution < 1.29 is 27.2 Å². The first kappa shape index (κ1) is 24.1. The maximum absolute atomic E-state index is 14.4. The zero-order chi connectivity index (χ0) is 22.7. The van der Waals surface area contributed by atoms with Crippen LogP contribution in [0.25, 0.3) is 0 Å². The standard InChI is InChI=1S/C21H17BrClF4NO2/c1-9(10(2)29)8-13(11(3)30)20(12-6-4-5-7-14(12)22)28-21-18(26)16(24)15(23)17(25)19(21)27/h4-7,13,20,28H,1,8H2,2-3H3/t13-,20+/m0/s1. The molecule has 0 unspecified atom stereocenters. The Bertz CT molecular complexity index is 999. The number of carbonyl (C=O) groups is 2. The number of anilines is 1. The fourth-order valence-electron chi connectivity index (χ4n) is 2.92. The van der Waals surface area contributed by atoms with Crippen LogP contribution < -0.4 is 5.32 Å². The third kappa shape index (κ3) is 4.92. The van der Waals surface area contributed by atoms with E-state index in [0.29, 0.717) is 10.0 Å². The maximum Gasteiger partial charge on any atom is 0.186 e. The molecule has 0 bridgehead atoms. The minimum atomic E-state index is -1.77. The summed E-state index contributed by atoms with van der Waals surface area (Å²) in [5.41, 5.74) is -0.623. The summed E-state index contributed by atoms with van der Waals surface area (Å²) < 4.78 is 57.2. The third-order valence-corrected chi connectivity index (χ3v) is 5.69. The summed E-state index contributed by atoms with van der Waals surface area (Å²) in [5, 5.41) is 1.10. The molecule has 2 rings (SSSR count). The van der Waals surface area contributed by atoms with E-state index in [1.165, 1.54) is 13.8 Å². The van der Waals surface area contributed by atoms with E-state index in [1.807, 2.05) is 0 Å². The Morgan fingerprint density at radius 3 is 2.07 bits per heavy atom. The number of benzene rings is 2. The van der Waals surface area contributed by atoms with Crippen LogP contribution in [0.3, 0.4) is 0 Å². The van der Waals surface area contributed by atoms with Gasteiger partial charge in [-0.25, -0.2) is 17.6 Å². The SMILES string of the molecule is C=C(C[C@@H](C(C)=O)[C@H](Nc1c(F)c(F)c(Cl)c(F)c1F)c1ccccc1Br)C(C)=O. The fourth-order valence-corrected chi connectivity index (χ4v) is 3.61. The number of hydrogen-bond acceptors (Lipinski definition) is 3. The van der Waals surface area contributed by atoms with Gasteiger partial charge in [-0.3, -0.25) is 9.59 Å². The van der Waals surface area contributed by atoms with Gasteiger partial charge in [0.05, 0.1) is 6.04 Å². The van der Waals surface area contributed by atoms with E-state index < -0.39 is 51.7 Å². The number of allylic oxidation sites excluding steroid dienone is 1. The van der Waals surface area contributed by atoms with Crippen molar-refractivity contribution in [3.8, 4) is 0 Å². The number of rotatable bonds is 8. The molecule has 0 radical (unpaired) electrons. The molecule has 2 aromatic rings. The topological polar surface area (TPSA) is 46.2 Å². The monoisotopic (exact) mass is 505 g/mol. The highest BCUT2D eigenvalue weighted by Gasteiger charge is 2.33. The highest BCUT2D eigenvalue weighted by atomic mass is 79.9. The number of hydrogen-bond donors (Lipinski definition) is 1. The van der Waals surface area contributed by atoms with Gasteiger partial charge in [-0.05, 0) is 37.5 Å². The molecule has 30 heavy (non-hydrogen) atoms. The Labute approximate surface area is 184 Å². The van der Waals surface area contributed by atoms with Gasteiger partial charge in [-0.2, -0.15) is 0 Å². The Kier molecular flexibility index (Phi) is 7.82. The van der Waals surface area contributed by atoms with Gasteiger partial charge in [0.25, 0.3) is 0 Å². The predicted molar refractivity (Wildman–Crippen MR) is 110 cm³/mol. The number of ketones is 2. The number of halogens is 6. The first-order valence-electron chi connectivity index (χ1n) is 8.68.